The van der Waals surface area contributed by atoms with Gasteiger partial charge in [-0.15, -0.1) is 0 Å². The van der Waals surface area contributed by atoms with Crippen molar-refractivity contribution in [3.63, 3.8) is 0 Å². The molecule has 1 aliphatic heterocycles. The van der Waals surface area contributed by atoms with E-state index in [9.17, 15) is 9.90 Å². The fourth-order valence-corrected chi connectivity index (χ4v) is 3.72. The van der Waals surface area contributed by atoms with E-state index in [1.165, 1.54) is 18.2 Å². The van der Waals surface area contributed by atoms with E-state index in [1.54, 1.807) is 0 Å². The molecule has 3 N–H and O–H groups in total. The maximum atomic E-state index is 11.8. The monoisotopic (exact) mass is 346 g/mol. The van der Waals surface area contributed by atoms with Crippen LogP contribution in [-0.4, -0.2) is 19.9 Å². The molecule has 4 nitrogen and oxygen atoms in total. The van der Waals surface area contributed by atoms with Gasteiger partial charge in [0.05, 0.1) is 0 Å². The molecule has 0 aliphatic carbocycles. The maximum absolute atomic E-state index is 11.8. The second kappa shape index (κ2) is 5.39. The summed E-state index contributed by atoms with van der Waals surface area (Å²) >= 11 is 0.249. The topological polar surface area (TPSA) is 72.6 Å². The van der Waals surface area contributed by atoms with Crippen LogP contribution in [0.25, 0.3) is 0 Å². The van der Waals surface area contributed by atoms with Gasteiger partial charge in [0.15, 0.2) is 0 Å². The molecule has 0 bridgehead atoms. The van der Waals surface area contributed by atoms with Crippen molar-refractivity contribution in [1.82, 2.24) is 0 Å². The van der Waals surface area contributed by atoms with Crippen molar-refractivity contribution in [2.45, 2.75) is 6.42 Å². The Morgan fingerprint density at radius 3 is 2.94 bits per heavy atom. The number of anilines is 1. The number of benzene rings is 1. The van der Waals surface area contributed by atoms with Crippen molar-refractivity contribution in [3.8, 4) is 11.5 Å². The SMILES string of the molecule is Nc1cc(O)ccc1OC(=O)C1=CC[I-]CC1. The van der Waals surface area contributed by atoms with Crippen molar-refractivity contribution < 1.29 is 35.8 Å². The number of carbonyl (C=O) groups is 1. The number of esters is 1. The molecule has 1 aromatic rings. The third kappa shape index (κ3) is 3.12. The van der Waals surface area contributed by atoms with Gasteiger partial charge >= 0.3 is 110 Å². The summed E-state index contributed by atoms with van der Waals surface area (Å²) < 4.78 is 7.37. The van der Waals surface area contributed by atoms with Gasteiger partial charge in [0.2, 0.25) is 0 Å². The van der Waals surface area contributed by atoms with Crippen molar-refractivity contribution in [3.05, 3.63) is 29.8 Å². The number of halogens is 1. The van der Waals surface area contributed by atoms with E-state index in [1.807, 2.05) is 6.08 Å². The molecule has 0 saturated carbocycles. The Morgan fingerprint density at radius 1 is 1.47 bits per heavy atom. The Kier molecular flexibility index (Phi) is 3.88. The molecule has 0 fully saturated rings. The zero-order chi connectivity index (χ0) is 12.3. The molecule has 5 heteroatoms. The molecule has 1 aliphatic rings. The number of aromatic hydroxyl groups is 1. The van der Waals surface area contributed by atoms with Crippen LogP contribution < -0.4 is 31.7 Å². The molecule has 0 saturated heterocycles. The first-order chi connectivity index (χ1) is 8.16. The van der Waals surface area contributed by atoms with Gasteiger partial charge in [-0.05, 0) is 0 Å². The van der Waals surface area contributed by atoms with Gasteiger partial charge in [-0.25, -0.2) is 0 Å². The van der Waals surface area contributed by atoms with Gasteiger partial charge < -0.3 is 0 Å². The summed E-state index contributed by atoms with van der Waals surface area (Å²) in [5, 5.41) is 9.19. The van der Waals surface area contributed by atoms with Crippen LogP contribution in [0.4, 0.5) is 5.69 Å². The van der Waals surface area contributed by atoms with E-state index >= 15 is 0 Å². The van der Waals surface area contributed by atoms with E-state index in [2.05, 4.69) is 0 Å². The summed E-state index contributed by atoms with van der Waals surface area (Å²) in [5.41, 5.74) is 6.65. The Labute approximate surface area is 110 Å². The summed E-state index contributed by atoms with van der Waals surface area (Å²) in [6.07, 6.45) is 2.78. The van der Waals surface area contributed by atoms with Crippen LogP contribution in [0.1, 0.15) is 6.42 Å². The molecule has 0 aromatic heterocycles. The van der Waals surface area contributed by atoms with Gasteiger partial charge in [-0.2, -0.15) is 0 Å². The average Bonchev–Trinajstić information content (AvgIpc) is 2.34. The van der Waals surface area contributed by atoms with Gasteiger partial charge in [-0.3, -0.25) is 0 Å². The number of nitrogens with two attached hydrogens (primary N) is 1. The number of carbonyl (C=O) groups excluding carboxylic acids is 1. The molecule has 0 atom stereocenters. The third-order valence-corrected chi connectivity index (χ3v) is 4.75. The Hall–Kier alpha value is -1.24. The molecular weight excluding hydrogens is 333 g/mol. The quantitative estimate of drug-likeness (QED) is 0.220. The van der Waals surface area contributed by atoms with Crippen molar-refractivity contribution >= 4 is 11.7 Å². The summed E-state index contributed by atoms with van der Waals surface area (Å²) in [4.78, 5) is 11.8. The van der Waals surface area contributed by atoms with Gasteiger partial charge in [0, 0.05) is 0 Å². The minimum atomic E-state index is -0.328. The van der Waals surface area contributed by atoms with E-state index in [-0.39, 0.29) is 38.6 Å². The molecule has 0 radical (unpaired) electrons. The molecule has 0 spiro atoms. The molecule has 92 valence electrons. The second-order valence-electron chi connectivity index (χ2n) is 3.62. The normalized spacial score (nSPS) is 15.6. The average molecular weight is 346 g/mol. The van der Waals surface area contributed by atoms with Gasteiger partial charge in [-0.1, -0.05) is 0 Å². The number of allylic oxidation sites excluding steroid dienone is 1. The number of phenols is 1. The van der Waals surface area contributed by atoms with Crippen molar-refractivity contribution in [2.24, 2.45) is 0 Å². The molecule has 0 unspecified atom stereocenters. The zero-order valence-corrected chi connectivity index (χ0v) is 11.3. The number of hydrogen-bond donors (Lipinski definition) is 2. The molecule has 1 aromatic carbocycles. The van der Waals surface area contributed by atoms with Crippen LogP contribution in [0.15, 0.2) is 29.8 Å². The van der Waals surface area contributed by atoms with Gasteiger partial charge in [0.1, 0.15) is 0 Å². The Morgan fingerprint density at radius 2 is 2.29 bits per heavy atom. The number of phenolic OH excluding ortho intramolecular Hbond substituents is 1. The van der Waals surface area contributed by atoms with E-state index in [0.717, 1.165) is 20.8 Å². The zero-order valence-electron chi connectivity index (χ0n) is 9.15. The van der Waals surface area contributed by atoms with Crippen LogP contribution in [0.2, 0.25) is 0 Å². The van der Waals surface area contributed by atoms with E-state index in [0.29, 0.717) is 5.75 Å². The predicted octanol–water partition coefficient (Wildman–Crippen LogP) is -1.70. The molecule has 2 rings (SSSR count). The van der Waals surface area contributed by atoms with Crippen LogP contribution in [-0.2, 0) is 4.79 Å². The first-order valence-corrected chi connectivity index (χ1v) is 8.25. The van der Waals surface area contributed by atoms with E-state index in [4.69, 9.17) is 10.5 Å². The molecule has 17 heavy (non-hydrogen) atoms. The molecule has 1 heterocycles. The molecule has 0 amide bonds. The minimum absolute atomic E-state index is 0.0592. The second-order valence-corrected chi connectivity index (χ2v) is 6.66. The van der Waals surface area contributed by atoms with Crippen molar-refractivity contribution in [1.29, 1.82) is 0 Å². The van der Waals surface area contributed by atoms with Crippen molar-refractivity contribution in [2.75, 3.05) is 14.6 Å². The number of alkyl halides is 2. The fourth-order valence-electron chi connectivity index (χ4n) is 1.48. The van der Waals surface area contributed by atoms with E-state index < -0.39 is 0 Å². The number of hydrogen-bond acceptors (Lipinski definition) is 4. The summed E-state index contributed by atoms with van der Waals surface area (Å²) in [7, 11) is 0. The number of rotatable bonds is 2. The fraction of sp³-hybridized carbons (Fsp3) is 0.250. The first-order valence-electron chi connectivity index (χ1n) is 5.20. The standard InChI is InChI=1S/C12H13INO3/c14-10-7-9(15)1-2-11(10)17-12(16)8-3-5-13-6-4-8/h1-3,7,15H,4-6,14H2/q-1. The Balaban J connectivity index is 2.10. The first kappa shape index (κ1) is 12.2. The van der Waals surface area contributed by atoms with Gasteiger partial charge in [0.25, 0.3) is 0 Å². The number of nitrogen functional groups attached to an aromatic ring is 1. The predicted molar refractivity (Wildman–Crippen MR) is 60.6 cm³/mol. The summed E-state index contributed by atoms with van der Waals surface area (Å²) in [6, 6.07) is 4.31. The van der Waals surface area contributed by atoms with Crippen LogP contribution in [0.5, 0.6) is 11.5 Å². The van der Waals surface area contributed by atoms with Crippen LogP contribution >= 0.6 is 0 Å². The van der Waals surface area contributed by atoms with Crippen LogP contribution in [0, 0.1) is 0 Å². The third-order valence-electron chi connectivity index (χ3n) is 2.39. The number of ether oxygens (including phenoxy) is 1. The van der Waals surface area contributed by atoms with Crippen LogP contribution in [0.3, 0.4) is 0 Å². The molecular formula is C12H13INO3-. The summed E-state index contributed by atoms with van der Waals surface area (Å²) in [6.45, 7) is 0. The Bertz CT molecular complexity index is 471. The summed E-state index contributed by atoms with van der Waals surface area (Å²) in [5.74, 6) is 0.0315.